The molecule has 1 amide bonds. The average Bonchev–Trinajstić information content (AvgIpc) is 2.49. The average molecular weight is 304 g/mol. The van der Waals surface area contributed by atoms with Crippen LogP contribution in [-0.2, 0) is 11.2 Å². The quantitative estimate of drug-likeness (QED) is 0.794. The molecule has 21 heavy (non-hydrogen) atoms. The lowest BCUT2D eigenvalue weighted by atomic mass is 9.81. The number of hydrogen-bond acceptors (Lipinski definition) is 2. The third kappa shape index (κ3) is 4.53. The lowest BCUT2D eigenvalue weighted by Crippen LogP contribution is -2.57. The summed E-state index contributed by atoms with van der Waals surface area (Å²) in [7, 11) is 0. The van der Waals surface area contributed by atoms with Crippen LogP contribution < -0.4 is 11.1 Å². The number of hydrogen-bond donors (Lipinski definition) is 2. The zero-order valence-corrected chi connectivity index (χ0v) is 13.3. The van der Waals surface area contributed by atoms with Crippen molar-refractivity contribution in [3.8, 4) is 0 Å². The van der Waals surface area contributed by atoms with Crippen LogP contribution in [0.4, 0.5) is 0 Å². The van der Waals surface area contributed by atoms with Gasteiger partial charge in [-0.05, 0) is 31.2 Å². The first kappa shape index (κ1) is 16.0. The van der Waals surface area contributed by atoms with E-state index in [1.54, 1.807) is 0 Å². The van der Waals surface area contributed by atoms with Crippen molar-refractivity contribution in [1.82, 2.24) is 5.32 Å². The van der Waals surface area contributed by atoms with E-state index in [-0.39, 0.29) is 5.91 Å². The Hall–Kier alpha value is -1.42. The highest BCUT2D eigenvalue weighted by Crippen LogP contribution is 2.28. The maximum atomic E-state index is 12.2. The molecule has 1 saturated carbocycles. The van der Waals surface area contributed by atoms with Crippen molar-refractivity contribution in [2.75, 3.05) is 0 Å². The van der Waals surface area contributed by atoms with Crippen molar-refractivity contribution in [2.45, 2.75) is 56.9 Å². The lowest BCUT2D eigenvalue weighted by molar-refractivity contribution is -0.122. The second kappa shape index (κ2) is 7.55. The minimum absolute atomic E-state index is 0.0700. The van der Waals surface area contributed by atoms with Gasteiger partial charge in [0.15, 0.2) is 0 Å². The van der Waals surface area contributed by atoms with Gasteiger partial charge >= 0.3 is 0 Å². The largest absolute Gasteiger partial charge is 0.391 e. The number of nitrogens with one attached hydrogen (secondary N) is 1. The van der Waals surface area contributed by atoms with Crippen molar-refractivity contribution in [1.29, 1.82) is 0 Å². The van der Waals surface area contributed by atoms with Crippen LogP contribution in [0.3, 0.4) is 0 Å². The van der Waals surface area contributed by atoms with E-state index in [2.05, 4.69) is 17.4 Å². The maximum absolute atomic E-state index is 12.2. The maximum Gasteiger partial charge on any atom is 0.220 e. The molecule has 0 heterocycles. The molecule has 0 unspecified atom stereocenters. The van der Waals surface area contributed by atoms with Crippen molar-refractivity contribution in [3.63, 3.8) is 0 Å². The number of rotatable bonds is 6. The molecule has 1 aliphatic carbocycles. The Kier molecular flexibility index (Phi) is 5.74. The summed E-state index contributed by atoms with van der Waals surface area (Å²) in [5, 5.41) is 3.11. The highest BCUT2D eigenvalue weighted by atomic mass is 32.1. The first-order chi connectivity index (χ1) is 10.1. The molecule has 0 spiro atoms. The molecule has 2 rings (SSSR count). The van der Waals surface area contributed by atoms with Gasteiger partial charge in [-0.1, -0.05) is 61.8 Å². The van der Waals surface area contributed by atoms with E-state index in [1.807, 2.05) is 18.2 Å². The van der Waals surface area contributed by atoms with Crippen LogP contribution in [-0.4, -0.2) is 16.4 Å². The lowest BCUT2D eigenvalue weighted by Gasteiger charge is -2.37. The van der Waals surface area contributed by atoms with Crippen molar-refractivity contribution < 1.29 is 4.79 Å². The number of carbonyl (C=O) groups is 1. The molecule has 0 aromatic heterocycles. The van der Waals surface area contributed by atoms with Gasteiger partial charge in [-0.2, -0.15) is 0 Å². The first-order valence-electron chi connectivity index (χ1n) is 7.77. The first-order valence-corrected chi connectivity index (χ1v) is 8.18. The molecule has 0 radical (unpaired) electrons. The molecular formula is C17H24N2OS. The standard InChI is InChI=1S/C17H24N2OS/c18-16(21)17(12-5-2-6-13-17)19-15(20)11-7-10-14-8-3-1-4-9-14/h1,3-4,8-9H,2,5-7,10-13H2,(H2,18,21)(H,19,20). The summed E-state index contributed by atoms with van der Waals surface area (Å²) in [6.07, 6.45) is 7.44. The Morgan fingerprint density at radius 3 is 2.48 bits per heavy atom. The molecule has 1 aliphatic rings. The fraction of sp³-hybridized carbons (Fsp3) is 0.529. The summed E-state index contributed by atoms with van der Waals surface area (Å²) in [5.74, 6) is 0.0700. The van der Waals surface area contributed by atoms with Gasteiger partial charge < -0.3 is 11.1 Å². The van der Waals surface area contributed by atoms with Gasteiger partial charge in [0.1, 0.15) is 0 Å². The number of benzene rings is 1. The highest BCUT2D eigenvalue weighted by Gasteiger charge is 2.36. The highest BCUT2D eigenvalue weighted by molar-refractivity contribution is 7.80. The van der Waals surface area contributed by atoms with E-state index < -0.39 is 5.54 Å². The minimum Gasteiger partial charge on any atom is -0.391 e. The van der Waals surface area contributed by atoms with Crippen molar-refractivity contribution >= 4 is 23.1 Å². The molecule has 114 valence electrons. The van der Waals surface area contributed by atoms with Crippen LogP contribution in [0.5, 0.6) is 0 Å². The van der Waals surface area contributed by atoms with Crippen LogP contribution in [0, 0.1) is 0 Å². The molecule has 1 fully saturated rings. The van der Waals surface area contributed by atoms with E-state index in [9.17, 15) is 4.79 Å². The Labute approximate surface area is 132 Å². The van der Waals surface area contributed by atoms with E-state index in [1.165, 1.54) is 12.0 Å². The number of carbonyl (C=O) groups excluding carboxylic acids is 1. The monoisotopic (exact) mass is 304 g/mol. The Morgan fingerprint density at radius 2 is 1.86 bits per heavy atom. The molecule has 0 atom stereocenters. The molecule has 0 aliphatic heterocycles. The van der Waals surface area contributed by atoms with E-state index in [4.69, 9.17) is 18.0 Å². The van der Waals surface area contributed by atoms with E-state index >= 15 is 0 Å². The number of aryl methyl sites for hydroxylation is 1. The third-order valence-electron chi connectivity index (χ3n) is 4.27. The summed E-state index contributed by atoms with van der Waals surface area (Å²) >= 11 is 5.20. The topological polar surface area (TPSA) is 55.1 Å². The minimum atomic E-state index is -0.433. The molecule has 4 heteroatoms. The Morgan fingerprint density at radius 1 is 1.19 bits per heavy atom. The van der Waals surface area contributed by atoms with Gasteiger partial charge in [0.2, 0.25) is 5.91 Å². The van der Waals surface area contributed by atoms with Crippen LogP contribution >= 0.6 is 12.2 Å². The number of thiocarbonyl (C=S) groups is 1. The molecule has 1 aromatic carbocycles. The normalized spacial score (nSPS) is 17.1. The van der Waals surface area contributed by atoms with Gasteiger partial charge in [0.25, 0.3) is 0 Å². The molecule has 0 bridgehead atoms. The Balaban J connectivity index is 1.81. The van der Waals surface area contributed by atoms with Crippen molar-refractivity contribution in [2.24, 2.45) is 5.73 Å². The van der Waals surface area contributed by atoms with Gasteiger partial charge in [-0.3, -0.25) is 4.79 Å². The predicted molar refractivity (Wildman–Crippen MR) is 90.1 cm³/mol. The summed E-state index contributed by atoms with van der Waals surface area (Å²) in [4.78, 5) is 12.6. The predicted octanol–water partition coefficient (Wildman–Crippen LogP) is 3.11. The van der Waals surface area contributed by atoms with Gasteiger partial charge in [-0.15, -0.1) is 0 Å². The zero-order chi connectivity index (χ0) is 15.1. The van der Waals surface area contributed by atoms with Gasteiger partial charge in [-0.25, -0.2) is 0 Å². The van der Waals surface area contributed by atoms with E-state index in [0.29, 0.717) is 11.4 Å². The molecule has 3 N–H and O–H groups in total. The summed E-state index contributed by atoms with van der Waals surface area (Å²) in [6.45, 7) is 0. The summed E-state index contributed by atoms with van der Waals surface area (Å²) < 4.78 is 0. The Bertz CT molecular complexity index is 481. The second-order valence-electron chi connectivity index (χ2n) is 5.89. The van der Waals surface area contributed by atoms with Gasteiger partial charge in [0, 0.05) is 6.42 Å². The molecule has 3 nitrogen and oxygen atoms in total. The summed E-state index contributed by atoms with van der Waals surface area (Å²) in [5.41, 5.74) is 6.72. The van der Waals surface area contributed by atoms with Crippen LogP contribution in [0.1, 0.15) is 50.5 Å². The molecule has 1 aromatic rings. The molecule has 0 saturated heterocycles. The van der Waals surface area contributed by atoms with Gasteiger partial charge in [0.05, 0.1) is 10.5 Å². The fourth-order valence-electron chi connectivity index (χ4n) is 3.02. The smallest absolute Gasteiger partial charge is 0.220 e. The van der Waals surface area contributed by atoms with Crippen LogP contribution in [0.2, 0.25) is 0 Å². The van der Waals surface area contributed by atoms with Crippen LogP contribution in [0.15, 0.2) is 30.3 Å². The van der Waals surface area contributed by atoms with Crippen LogP contribution in [0.25, 0.3) is 0 Å². The third-order valence-corrected chi connectivity index (χ3v) is 4.66. The SMILES string of the molecule is NC(=S)C1(NC(=O)CCCc2ccccc2)CCCCC1. The molecular weight excluding hydrogens is 280 g/mol. The zero-order valence-electron chi connectivity index (χ0n) is 12.4. The summed E-state index contributed by atoms with van der Waals surface area (Å²) in [6, 6.07) is 10.2. The number of amides is 1. The fourth-order valence-corrected chi connectivity index (χ4v) is 3.27. The second-order valence-corrected chi connectivity index (χ2v) is 6.33. The van der Waals surface area contributed by atoms with Crippen molar-refractivity contribution in [3.05, 3.63) is 35.9 Å². The van der Waals surface area contributed by atoms with E-state index in [0.717, 1.165) is 38.5 Å². The number of nitrogens with two attached hydrogens (primary N) is 1.